The van der Waals surface area contributed by atoms with Crippen LogP contribution in [-0.2, 0) is 25.5 Å². The van der Waals surface area contributed by atoms with Crippen molar-refractivity contribution in [3.05, 3.63) is 59.9 Å². The molecule has 0 spiro atoms. The second-order valence-electron chi connectivity index (χ2n) is 12.1. The standard InChI is InChI=1S/C33H40N4O6/c1-20(36-31(40)23-10-13-26-27(16-23)35-19-34-26)29(38)17-24(14-22-8-11-25(42-3)12-9-22)32(41)37-28(15-21-6-4-5-7-21)30(39)33(2)18-43-33/h8-13,16,19-21,24,28H,4-7,14-15,17-18H2,1-3H3,(H,34,35)(H,36,40)(H,37,41)/t20-,24-,28+,33-/m1/s1. The van der Waals surface area contributed by atoms with Crippen LogP contribution >= 0.6 is 0 Å². The van der Waals surface area contributed by atoms with Gasteiger partial charge in [0.05, 0.1) is 43.2 Å². The minimum Gasteiger partial charge on any atom is -0.497 e. The summed E-state index contributed by atoms with van der Waals surface area (Å²) in [5.41, 5.74) is 1.84. The van der Waals surface area contributed by atoms with Gasteiger partial charge in [-0.1, -0.05) is 37.8 Å². The maximum Gasteiger partial charge on any atom is 0.251 e. The third-order valence-corrected chi connectivity index (χ3v) is 8.75. The third-order valence-electron chi connectivity index (χ3n) is 8.75. The number of amides is 2. The van der Waals surface area contributed by atoms with E-state index in [1.807, 2.05) is 24.3 Å². The molecule has 2 aromatic carbocycles. The number of hydrogen-bond acceptors (Lipinski definition) is 7. The summed E-state index contributed by atoms with van der Waals surface area (Å²) in [6.07, 6.45) is 6.64. The largest absolute Gasteiger partial charge is 0.497 e. The van der Waals surface area contributed by atoms with E-state index in [0.717, 1.165) is 42.3 Å². The molecule has 1 aromatic heterocycles. The number of nitrogens with zero attached hydrogens (tertiary/aromatic N) is 1. The van der Waals surface area contributed by atoms with Crippen LogP contribution in [0.25, 0.3) is 11.0 Å². The normalized spacial score (nSPS) is 20.3. The SMILES string of the molecule is COc1ccc(C[C@H](CC(=O)[C@@H](C)NC(=O)c2ccc3nc[nH]c3c2)C(=O)N[C@@H](CC2CCCC2)C(=O)[C@@]2(C)CO2)cc1. The van der Waals surface area contributed by atoms with Gasteiger partial charge in [0.25, 0.3) is 5.91 Å². The molecule has 1 aliphatic carbocycles. The molecule has 1 aliphatic heterocycles. The minimum absolute atomic E-state index is 0.100. The van der Waals surface area contributed by atoms with E-state index in [-0.39, 0.29) is 30.3 Å². The molecule has 2 heterocycles. The Labute approximate surface area is 251 Å². The van der Waals surface area contributed by atoms with Crippen LogP contribution in [0, 0.1) is 11.8 Å². The number of epoxide rings is 1. The Bertz CT molecular complexity index is 1470. The fourth-order valence-electron chi connectivity index (χ4n) is 5.88. The highest BCUT2D eigenvalue weighted by molar-refractivity contribution is 6.01. The number of ketones is 2. The van der Waals surface area contributed by atoms with Gasteiger partial charge in [-0.15, -0.1) is 0 Å². The van der Waals surface area contributed by atoms with E-state index < -0.39 is 29.5 Å². The average molecular weight is 589 g/mol. The maximum absolute atomic E-state index is 13.8. The average Bonchev–Trinajstić information content (AvgIpc) is 3.36. The predicted octanol–water partition coefficient (Wildman–Crippen LogP) is 3.93. The summed E-state index contributed by atoms with van der Waals surface area (Å²) >= 11 is 0. The lowest BCUT2D eigenvalue weighted by Crippen LogP contribution is -2.49. The first-order valence-corrected chi connectivity index (χ1v) is 15.0. The van der Waals surface area contributed by atoms with E-state index in [1.54, 1.807) is 45.5 Å². The van der Waals surface area contributed by atoms with Gasteiger partial charge in [-0.2, -0.15) is 0 Å². The smallest absolute Gasteiger partial charge is 0.251 e. The van der Waals surface area contributed by atoms with Gasteiger partial charge in [-0.05, 0) is 68.5 Å². The molecule has 0 unspecified atom stereocenters. The first-order valence-electron chi connectivity index (χ1n) is 15.0. The van der Waals surface area contributed by atoms with Crippen molar-refractivity contribution in [1.29, 1.82) is 0 Å². The summed E-state index contributed by atoms with van der Waals surface area (Å²) in [6, 6.07) is 10.9. The Morgan fingerprint density at radius 2 is 1.81 bits per heavy atom. The number of nitrogens with one attached hydrogen (secondary N) is 3. The number of H-pyrrole nitrogens is 1. The molecule has 10 heteroatoms. The van der Waals surface area contributed by atoms with Gasteiger partial charge < -0.3 is 25.1 Å². The minimum atomic E-state index is -0.865. The summed E-state index contributed by atoms with van der Waals surface area (Å²) in [5, 5.41) is 5.79. The van der Waals surface area contributed by atoms with Crippen LogP contribution in [0.2, 0.25) is 0 Å². The van der Waals surface area contributed by atoms with Gasteiger partial charge in [0, 0.05) is 17.9 Å². The van der Waals surface area contributed by atoms with Crippen molar-refractivity contribution >= 4 is 34.4 Å². The van der Waals surface area contributed by atoms with Gasteiger partial charge >= 0.3 is 0 Å². The zero-order valence-corrected chi connectivity index (χ0v) is 25.0. The molecule has 2 fully saturated rings. The van der Waals surface area contributed by atoms with Crippen molar-refractivity contribution in [3.8, 4) is 5.75 Å². The van der Waals surface area contributed by atoms with Crippen molar-refractivity contribution < 1.29 is 28.7 Å². The molecule has 10 nitrogen and oxygen atoms in total. The van der Waals surface area contributed by atoms with Crippen LogP contribution < -0.4 is 15.4 Å². The third kappa shape index (κ3) is 7.48. The highest BCUT2D eigenvalue weighted by atomic mass is 16.6. The zero-order valence-electron chi connectivity index (χ0n) is 25.0. The Balaban J connectivity index is 1.29. The number of hydrogen-bond donors (Lipinski definition) is 3. The number of carbonyl (C=O) groups is 4. The predicted molar refractivity (Wildman–Crippen MR) is 161 cm³/mol. The van der Waals surface area contributed by atoms with Crippen LogP contribution in [0.3, 0.4) is 0 Å². The molecular weight excluding hydrogens is 548 g/mol. The topological polar surface area (TPSA) is 143 Å². The van der Waals surface area contributed by atoms with E-state index in [0.29, 0.717) is 30.3 Å². The lowest BCUT2D eigenvalue weighted by Gasteiger charge is -2.26. The lowest BCUT2D eigenvalue weighted by molar-refractivity contribution is -0.134. The molecule has 228 valence electrons. The Kier molecular flexibility index (Phi) is 9.25. The van der Waals surface area contributed by atoms with Crippen LogP contribution in [0.4, 0.5) is 0 Å². The van der Waals surface area contributed by atoms with Crippen molar-refractivity contribution in [1.82, 2.24) is 20.6 Å². The van der Waals surface area contributed by atoms with Gasteiger partial charge in [-0.3, -0.25) is 19.2 Å². The number of Topliss-reactive ketones (excluding diaryl/α,β-unsaturated/α-hetero) is 2. The van der Waals surface area contributed by atoms with Crippen LogP contribution in [0.15, 0.2) is 48.8 Å². The Morgan fingerprint density at radius 1 is 1.09 bits per heavy atom. The van der Waals surface area contributed by atoms with E-state index in [2.05, 4.69) is 20.6 Å². The molecule has 5 rings (SSSR count). The second kappa shape index (κ2) is 13.1. The number of imidazole rings is 1. The number of aromatic nitrogens is 2. The van der Waals surface area contributed by atoms with E-state index in [9.17, 15) is 19.2 Å². The fraction of sp³-hybridized carbons (Fsp3) is 0.485. The summed E-state index contributed by atoms with van der Waals surface area (Å²) in [5.74, 6) is -0.826. The first kappa shape index (κ1) is 30.4. The Hall–Kier alpha value is -4.05. The van der Waals surface area contributed by atoms with Gasteiger partial charge in [0.1, 0.15) is 11.4 Å². The summed E-state index contributed by atoms with van der Waals surface area (Å²) in [6.45, 7) is 3.73. The molecular formula is C33H40N4O6. The molecule has 0 radical (unpaired) electrons. The maximum atomic E-state index is 13.8. The molecule has 2 aliphatic rings. The highest BCUT2D eigenvalue weighted by Crippen LogP contribution is 2.34. The van der Waals surface area contributed by atoms with Crippen molar-refractivity contribution in [2.45, 2.75) is 76.5 Å². The highest BCUT2D eigenvalue weighted by Gasteiger charge is 2.50. The molecule has 3 N–H and O–H groups in total. The molecule has 0 bridgehead atoms. The van der Waals surface area contributed by atoms with Crippen LogP contribution in [0.5, 0.6) is 5.75 Å². The van der Waals surface area contributed by atoms with E-state index in [1.165, 1.54) is 0 Å². The molecule has 4 atom stereocenters. The number of rotatable bonds is 14. The number of fused-ring (bicyclic) bond motifs is 1. The van der Waals surface area contributed by atoms with Crippen molar-refractivity contribution in [3.63, 3.8) is 0 Å². The molecule has 1 saturated carbocycles. The lowest BCUT2D eigenvalue weighted by atomic mass is 9.88. The Morgan fingerprint density at radius 3 is 2.49 bits per heavy atom. The second-order valence-corrected chi connectivity index (χ2v) is 12.1. The summed E-state index contributed by atoms with van der Waals surface area (Å²) in [4.78, 5) is 60.7. The summed E-state index contributed by atoms with van der Waals surface area (Å²) in [7, 11) is 1.58. The van der Waals surface area contributed by atoms with Crippen molar-refractivity contribution in [2.24, 2.45) is 11.8 Å². The molecule has 43 heavy (non-hydrogen) atoms. The van der Waals surface area contributed by atoms with Gasteiger partial charge in [-0.25, -0.2) is 4.98 Å². The monoisotopic (exact) mass is 588 g/mol. The number of aromatic amines is 1. The molecule has 3 aromatic rings. The van der Waals surface area contributed by atoms with E-state index in [4.69, 9.17) is 9.47 Å². The number of ether oxygens (including phenoxy) is 2. The number of methoxy groups -OCH3 is 1. The van der Waals surface area contributed by atoms with Crippen LogP contribution in [-0.4, -0.2) is 64.8 Å². The van der Waals surface area contributed by atoms with Gasteiger partial charge in [0.2, 0.25) is 5.91 Å². The number of benzene rings is 2. The van der Waals surface area contributed by atoms with Gasteiger partial charge in [0.15, 0.2) is 11.6 Å². The van der Waals surface area contributed by atoms with Crippen molar-refractivity contribution in [2.75, 3.05) is 13.7 Å². The van der Waals surface area contributed by atoms with Crippen LogP contribution in [0.1, 0.15) is 68.3 Å². The number of carbonyl (C=O) groups excluding carboxylic acids is 4. The molecule has 1 saturated heterocycles. The fourth-order valence-corrected chi connectivity index (χ4v) is 5.88. The first-order chi connectivity index (χ1) is 20.6. The zero-order chi connectivity index (χ0) is 30.6. The summed E-state index contributed by atoms with van der Waals surface area (Å²) < 4.78 is 10.7. The van der Waals surface area contributed by atoms with E-state index >= 15 is 0 Å². The molecule has 2 amide bonds. The quantitative estimate of drug-likeness (QED) is 0.242.